The molecule has 1 fully saturated rings. The van der Waals surface area contributed by atoms with Gasteiger partial charge in [0.15, 0.2) is 0 Å². The Hall–Kier alpha value is -1.06. The second-order valence-corrected chi connectivity index (χ2v) is 6.13. The summed E-state index contributed by atoms with van der Waals surface area (Å²) in [6.45, 7) is 10.6. The van der Waals surface area contributed by atoms with E-state index in [-0.39, 0.29) is 18.2 Å². The summed E-state index contributed by atoms with van der Waals surface area (Å²) >= 11 is 0. The molecule has 2 N–H and O–H groups in total. The number of rotatable bonds is 2. The van der Waals surface area contributed by atoms with E-state index in [2.05, 4.69) is 56.1 Å². The summed E-state index contributed by atoms with van der Waals surface area (Å²) in [7, 11) is 0. The largest absolute Gasteiger partial charge is 0.395 e. The molecule has 0 amide bonds. The molecule has 100 valence electrons. The van der Waals surface area contributed by atoms with Crippen molar-refractivity contribution >= 4 is 5.69 Å². The first-order valence-electron chi connectivity index (χ1n) is 6.61. The number of aliphatic hydroxyl groups is 1. The van der Waals surface area contributed by atoms with Gasteiger partial charge in [0.2, 0.25) is 0 Å². The first kappa shape index (κ1) is 13.4. The minimum atomic E-state index is 0.0310. The van der Waals surface area contributed by atoms with Crippen molar-refractivity contribution in [2.45, 2.75) is 39.3 Å². The van der Waals surface area contributed by atoms with E-state index in [1.807, 2.05) is 0 Å². The maximum absolute atomic E-state index is 9.41. The van der Waals surface area contributed by atoms with E-state index in [9.17, 15) is 5.11 Å². The van der Waals surface area contributed by atoms with Crippen LogP contribution in [0.4, 0.5) is 5.69 Å². The Bertz CT molecular complexity index is 408. The normalized spacial score (nSPS) is 23.2. The second-order valence-electron chi connectivity index (χ2n) is 6.13. The third-order valence-corrected chi connectivity index (χ3v) is 3.41. The number of nitrogens with one attached hydrogen (secondary N) is 1. The van der Waals surface area contributed by atoms with Gasteiger partial charge in [0.05, 0.1) is 6.61 Å². The van der Waals surface area contributed by atoms with Gasteiger partial charge in [-0.2, -0.15) is 0 Å². The molecule has 1 saturated heterocycles. The number of benzene rings is 1. The van der Waals surface area contributed by atoms with Gasteiger partial charge in [0, 0.05) is 30.4 Å². The molecule has 3 heteroatoms. The summed E-state index contributed by atoms with van der Waals surface area (Å²) in [5, 5.41) is 12.9. The minimum Gasteiger partial charge on any atom is -0.395 e. The van der Waals surface area contributed by atoms with E-state index in [1.165, 1.54) is 16.8 Å². The molecule has 0 saturated carbocycles. The fourth-order valence-corrected chi connectivity index (χ4v) is 2.88. The molecule has 0 aliphatic carbocycles. The van der Waals surface area contributed by atoms with Crippen molar-refractivity contribution in [2.75, 3.05) is 24.6 Å². The van der Waals surface area contributed by atoms with Crippen molar-refractivity contribution in [3.63, 3.8) is 0 Å². The third kappa shape index (κ3) is 3.03. The molecule has 0 bridgehead atoms. The number of anilines is 1. The van der Waals surface area contributed by atoms with Crippen molar-refractivity contribution in [1.82, 2.24) is 5.32 Å². The van der Waals surface area contributed by atoms with E-state index >= 15 is 0 Å². The number of nitrogens with zero attached hydrogens (tertiary/aromatic N) is 1. The maximum Gasteiger partial charge on any atom is 0.0602 e. The van der Waals surface area contributed by atoms with Crippen LogP contribution in [0.25, 0.3) is 0 Å². The minimum absolute atomic E-state index is 0.0310. The van der Waals surface area contributed by atoms with Gasteiger partial charge >= 0.3 is 0 Å². The molecule has 2 rings (SSSR count). The maximum atomic E-state index is 9.41. The standard InChI is InChI=1S/C15H24N2O/c1-11-5-12(2)7-14(6-11)17-8-13(9-18)16-15(3,4)10-17/h5-7,13,16,18H,8-10H2,1-4H3. The smallest absolute Gasteiger partial charge is 0.0602 e. The molecule has 1 heterocycles. The van der Waals surface area contributed by atoms with Crippen LogP contribution >= 0.6 is 0 Å². The van der Waals surface area contributed by atoms with Crippen molar-refractivity contribution in [3.8, 4) is 0 Å². The summed E-state index contributed by atoms with van der Waals surface area (Å²) in [6, 6.07) is 6.79. The van der Waals surface area contributed by atoms with Crippen LogP contribution in [0.5, 0.6) is 0 Å². The number of hydrogen-bond donors (Lipinski definition) is 2. The van der Waals surface area contributed by atoms with E-state index in [4.69, 9.17) is 0 Å². The lowest BCUT2D eigenvalue weighted by atomic mass is 9.97. The summed E-state index contributed by atoms with van der Waals surface area (Å²) < 4.78 is 0. The van der Waals surface area contributed by atoms with Crippen LogP contribution in [0.15, 0.2) is 18.2 Å². The molecule has 18 heavy (non-hydrogen) atoms. The number of piperazine rings is 1. The summed E-state index contributed by atoms with van der Waals surface area (Å²) in [5.41, 5.74) is 3.88. The predicted octanol–water partition coefficient (Wildman–Crippen LogP) is 1.85. The average molecular weight is 248 g/mol. The highest BCUT2D eigenvalue weighted by atomic mass is 16.3. The zero-order valence-corrected chi connectivity index (χ0v) is 11.8. The van der Waals surface area contributed by atoms with Crippen LogP contribution < -0.4 is 10.2 Å². The van der Waals surface area contributed by atoms with Gasteiger partial charge < -0.3 is 15.3 Å². The van der Waals surface area contributed by atoms with Crippen molar-refractivity contribution in [2.24, 2.45) is 0 Å². The Balaban J connectivity index is 2.26. The summed E-state index contributed by atoms with van der Waals surface area (Å²) in [4.78, 5) is 2.37. The van der Waals surface area contributed by atoms with Gasteiger partial charge in [-0.15, -0.1) is 0 Å². The molecule has 1 aliphatic heterocycles. The SMILES string of the molecule is Cc1cc(C)cc(N2CC(CO)NC(C)(C)C2)c1. The molecule has 0 spiro atoms. The monoisotopic (exact) mass is 248 g/mol. The van der Waals surface area contributed by atoms with Gasteiger partial charge in [-0.05, 0) is 51.0 Å². The van der Waals surface area contributed by atoms with E-state index < -0.39 is 0 Å². The van der Waals surface area contributed by atoms with Gasteiger partial charge in [-0.1, -0.05) is 6.07 Å². The van der Waals surface area contributed by atoms with Crippen LogP contribution in [0.3, 0.4) is 0 Å². The molecule has 1 unspecified atom stereocenters. The molecule has 1 aromatic carbocycles. The summed E-state index contributed by atoms with van der Waals surface area (Å²) in [6.07, 6.45) is 0. The van der Waals surface area contributed by atoms with Crippen LogP contribution in [0, 0.1) is 13.8 Å². The molecular formula is C15H24N2O. The van der Waals surface area contributed by atoms with E-state index in [0.717, 1.165) is 13.1 Å². The van der Waals surface area contributed by atoms with E-state index in [0.29, 0.717) is 0 Å². The second kappa shape index (κ2) is 4.90. The Labute approximate surface area is 110 Å². The lowest BCUT2D eigenvalue weighted by Gasteiger charge is -2.44. The van der Waals surface area contributed by atoms with Crippen LogP contribution in [0.2, 0.25) is 0 Å². The Morgan fingerprint density at radius 2 is 1.89 bits per heavy atom. The predicted molar refractivity (Wildman–Crippen MR) is 76.2 cm³/mol. The Kier molecular flexibility index (Phi) is 3.64. The number of aryl methyl sites for hydroxylation is 2. The fourth-order valence-electron chi connectivity index (χ4n) is 2.88. The highest BCUT2D eigenvalue weighted by molar-refractivity contribution is 5.52. The first-order valence-corrected chi connectivity index (χ1v) is 6.61. The zero-order chi connectivity index (χ0) is 13.3. The van der Waals surface area contributed by atoms with Gasteiger partial charge in [-0.3, -0.25) is 0 Å². The number of aliphatic hydroxyl groups excluding tert-OH is 1. The molecule has 1 atom stereocenters. The van der Waals surface area contributed by atoms with Crippen LogP contribution in [-0.2, 0) is 0 Å². The highest BCUT2D eigenvalue weighted by Crippen LogP contribution is 2.24. The Morgan fingerprint density at radius 3 is 2.44 bits per heavy atom. The van der Waals surface area contributed by atoms with Gasteiger partial charge in [0.25, 0.3) is 0 Å². The lowest BCUT2D eigenvalue weighted by Crippen LogP contribution is -2.63. The molecule has 0 radical (unpaired) electrons. The topological polar surface area (TPSA) is 35.5 Å². The van der Waals surface area contributed by atoms with Crippen LogP contribution in [-0.4, -0.2) is 36.4 Å². The molecular weight excluding hydrogens is 224 g/mol. The lowest BCUT2D eigenvalue weighted by molar-refractivity contribution is 0.191. The van der Waals surface area contributed by atoms with Gasteiger partial charge in [-0.25, -0.2) is 0 Å². The Morgan fingerprint density at radius 1 is 1.28 bits per heavy atom. The van der Waals surface area contributed by atoms with E-state index in [1.54, 1.807) is 0 Å². The van der Waals surface area contributed by atoms with Gasteiger partial charge in [0.1, 0.15) is 0 Å². The van der Waals surface area contributed by atoms with Crippen molar-refractivity contribution in [3.05, 3.63) is 29.3 Å². The van der Waals surface area contributed by atoms with Crippen molar-refractivity contribution in [1.29, 1.82) is 0 Å². The van der Waals surface area contributed by atoms with Crippen molar-refractivity contribution < 1.29 is 5.11 Å². The fraction of sp³-hybridized carbons (Fsp3) is 0.600. The number of hydrogen-bond acceptors (Lipinski definition) is 3. The highest BCUT2D eigenvalue weighted by Gasteiger charge is 2.31. The molecule has 3 nitrogen and oxygen atoms in total. The zero-order valence-electron chi connectivity index (χ0n) is 11.8. The quantitative estimate of drug-likeness (QED) is 0.838. The summed E-state index contributed by atoms with van der Waals surface area (Å²) in [5.74, 6) is 0. The molecule has 0 aromatic heterocycles. The molecule has 1 aromatic rings. The first-order chi connectivity index (χ1) is 8.39. The molecule has 1 aliphatic rings. The third-order valence-electron chi connectivity index (χ3n) is 3.41. The van der Waals surface area contributed by atoms with Crippen LogP contribution in [0.1, 0.15) is 25.0 Å². The average Bonchev–Trinajstić information content (AvgIpc) is 2.25.